The van der Waals surface area contributed by atoms with E-state index in [0.717, 1.165) is 50.2 Å². The Kier molecular flexibility index (Phi) is 7.39. The Labute approximate surface area is 184 Å². The molecule has 1 aromatic heterocycles. The van der Waals surface area contributed by atoms with Crippen molar-refractivity contribution in [1.82, 2.24) is 19.2 Å². The van der Waals surface area contributed by atoms with Crippen LogP contribution in [0.3, 0.4) is 0 Å². The molecule has 2 aliphatic rings. The standard InChI is InChI=1S/C21H32N4O2S.CH2O2/c1-4-13-28(26,27)23-19-14-21(19)9-11-24(12-10-21)15-20-22-17-7-5-6-8-18(17)25(20)16(2)3;2-1-3/h5-8,16,19,23H,4,9-15H2,1-3H3;1H,(H,2,3). The van der Waals surface area contributed by atoms with E-state index in [0.29, 0.717) is 12.5 Å². The van der Waals surface area contributed by atoms with Crippen molar-refractivity contribution in [3.8, 4) is 0 Å². The van der Waals surface area contributed by atoms with Gasteiger partial charge in [-0.05, 0) is 70.2 Å². The molecule has 1 aromatic carbocycles. The molecule has 31 heavy (non-hydrogen) atoms. The number of rotatable bonds is 7. The van der Waals surface area contributed by atoms with E-state index in [-0.39, 0.29) is 23.7 Å². The van der Waals surface area contributed by atoms with E-state index in [2.05, 4.69) is 46.2 Å². The van der Waals surface area contributed by atoms with Crippen LogP contribution < -0.4 is 4.72 Å². The normalized spacial score (nSPS) is 20.6. The van der Waals surface area contributed by atoms with Crippen molar-refractivity contribution in [3.63, 3.8) is 0 Å². The first-order chi connectivity index (χ1) is 14.7. The molecule has 172 valence electrons. The molecule has 1 spiro atoms. The number of carboxylic acid groups (broad SMARTS) is 1. The minimum Gasteiger partial charge on any atom is -0.483 e. The van der Waals surface area contributed by atoms with Crippen molar-refractivity contribution < 1.29 is 18.3 Å². The molecule has 2 aromatic rings. The van der Waals surface area contributed by atoms with E-state index in [1.54, 1.807) is 0 Å². The Bertz CT molecular complexity index is 994. The predicted octanol–water partition coefficient (Wildman–Crippen LogP) is 3.00. The zero-order chi connectivity index (χ0) is 22.6. The Morgan fingerprint density at radius 2 is 1.94 bits per heavy atom. The number of piperidine rings is 1. The monoisotopic (exact) mass is 450 g/mol. The highest BCUT2D eigenvalue weighted by atomic mass is 32.2. The summed E-state index contributed by atoms with van der Waals surface area (Å²) in [6.07, 6.45) is 3.79. The molecule has 0 amide bonds. The minimum absolute atomic E-state index is 0.145. The fourth-order valence-corrected chi connectivity index (χ4v) is 6.17. The third-order valence-corrected chi connectivity index (χ3v) is 7.98. The van der Waals surface area contributed by atoms with Gasteiger partial charge < -0.3 is 9.67 Å². The number of likely N-dealkylation sites (tertiary alicyclic amines) is 1. The molecular formula is C22H34N4O4S. The maximum Gasteiger partial charge on any atom is 0.290 e. The Morgan fingerprint density at radius 1 is 1.29 bits per heavy atom. The molecule has 1 saturated heterocycles. The van der Waals surface area contributed by atoms with Crippen LogP contribution in [0.5, 0.6) is 0 Å². The van der Waals surface area contributed by atoms with Gasteiger partial charge in [-0.1, -0.05) is 19.1 Å². The van der Waals surface area contributed by atoms with E-state index in [4.69, 9.17) is 14.9 Å². The highest BCUT2D eigenvalue weighted by Crippen LogP contribution is 2.54. The van der Waals surface area contributed by atoms with Gasteiger partial charge in [-0.2, -0.15) is 0 Å². The fourth-order valence-electron chi connectivity index (χ4n) is 4.75. The van der Waals surface area contributed by atoms with Crippen molar-refractivity contribution in [3.05, 3.63) is 30.1 Å². The van der Waals surface area contributed by atoms with E-state index < -0.39 is 10.0 Å². The largest absolute Gasteiger partial charge is 0.483 e. The van der Waals surface area contributed by atoms with Gasteiger partial charge in [-0.3, -0.25) is 9.69 Å². The number of hydrogen-bond donors (Lipinski definition) is 2. The average molecular weight is 451 g/mol. The fraction of sp³-hybridized carbons (Fsp3) is 0.636. The molecule has 8 nitrogen and oxygen atoms in total. The number of imidazole rings is 1. The number of nitrogens with zero attached hydrogens (tertiary/aromatic N) is 3. The molecular weight excluding hydrogens is 416 g/mol. The van der Waals surface area contributed by atoms with Crippen LogP contribution in [0.1, 0.15) is 58.3 Å². The second kappa shape index (κ2) is 9.67. The molecule has 2 N–H and O–H groups in total. The molecule has 2 fully saturated rings. The Morgan fingerprint density at radius 3 is 2.55 bits per heavy atom. The number of para-hydroxylation sites is 2. The molecule has 1 saturated carbocycles. The molecule has 9 heteroatoms. The summed E-state index contributed by atoms with van der Waals surface area (Å²) in [5.41, 5.74) is 2.45. The van der Waals surface area contributed by atoms with Crippen LogP contribution in [-0.4, -0.2) is 59.3 Å². The number of aromatic nitrogens is 2. The summed E-state index contributed by atoms with van der Waals surface area (Å²) in [5, 5.41) is 6.89. The van der Waals surface area contributed by atoms with Crippen molar-refractivity contribution in [2.45, 2.75) is 65.1 Å². The maximum atomic E-state index is 12.1. The Hall–Kier alpha value is -1.97. The topological polar surface area (TPSA) is 105 Å². The summed E-state index contributed by atoms with van der Waals surface area (Å²) in [6.45, 7) is 8.95. The number of hydrogen-bond acceptors (Lipinski definition) is 5. The third kappa shape index (κ3) is 5.45. The van der Waals surface area contributed by atoms with Crippen LogP contribution in [-0.2, 0) is 21.4 Å². The van der Waals surface area contributed by atoms with E-state index in [9.17, 15) is 8.42 Å². The van der Waals surface area contributed by atoms with Crippen molar-refractivity contribution in [2.24, 2.45) is 5.41 Å². The van der Waals surface area contributed by atoms with Gasteiger partial charge in [0, 0.05) is 12.1 Å². The lowest BCUT2D eigenvalue weighted by Crippen LogP contribution is -2.39. The molecule has 4 rings (SSSR count). The number of benzene rings is 1. The molecule has 1 aliphatic heterocycles. The summed E-state index contributed by atoms with van der Waals surface area (Å²) >= 11 is 0. The lowest BCUT2D eigenvalue weighted by Gasteiger charge is -2.33. The van der Waals surface area contributed by atoms with Crippen molar-refractivity contribution in [2.75, 3.05) is 18.8 Å². The quantitative estimate of drug-likeness (QED) is 0.629. The number of fused-ring (bicyclic) bond motifs is 1. The summed E-state index contributed by atoms with van der Waals surface area (Å²) < 4.78 is 29.4. The van der Waals surface area contributed by atoms with Crippen LogP contribution in [0.15, 0.2) is 24.3 Å². The van der Waals surface area contributed by atoms with Gasteiger partial charge in [-0.15, -0.1) is 0 Å². The van der Waals surface area contributed by atoms with E-state index >= 15 is 0 Å². The van der Waals surface area contributed by atoms with Gasteiger partial charge in [0.2, 0.25) is 10.0 Å². The number of nitrogens with one attached hydrogen (secondary N) is 1. The summed E-state index contributed by atoms with van der Waals surface area (Å²) in [7, 11) is -3.11. The van der Waals surface area contributed by atoms with Crippen LogP contribution >= 0.6 is 0 Å². The molecule has 1 unspecified atom stereocenters. The molecule has 1 aliphatic carbocycles. The van der Waals surface area contributed by atoms with Gasteiger partial charge >= 0.3 is 0 Å². The molecule has 2 heterocycles. The van der Waals surface area contributed by atoms with Crippen LogP contribution in [0.2, 0.25) is 0 Å². The zero-order valence-electron chi connectivity index (χ0n) is 18.6. The SMILES string of the molecule is CCCS(=O)(=O)NC1CC12CCN(Cc1nc3ccccc3n1C(C)C)CC2.O=CO. The lowest BCUT2D eigenvalue weighted by atomic mass is 9.93. The summed E-state index contributed by atoms with van der Waals surface area (Å²) in [6, 6.07) is 8.87. The Balaban J connectivity index is 0.000000858. The van der Waals surface area contributed by atoms with Crippen LogP contribution in [0.4, 0.5) is 0 Å². The van der Waals surface area contributed by atoms with Crippen LogP contribution in [0, 0.1) is 5.41 Å². The predicted molar refractivity (Wildman–Crippen MR) is 121 cm³/mol. The van der Waals surface area contributed by atoms with E-state index in [1.165, 1.54) is 5.52 Å². The molecule has 1 atom stereocenters. The zero-order valence-corrected chi connectivity index (χ0v) is 19.4. The minimum atomic E-state index is -3.11. The summed E-state index contributed by atoms with van der Waals surface area (Å²) in [4.78, 5) is 15.7. The smallest absolute Gasteiger partial charge is 0.290 e. The number of carbonyl (C=O) groups is 1. The van der Waals surface area contributed by atoms with Gasteiger partial charge in [0.1, 0.15) is 5.82 Å². The number of sulfonamides is 1. The molecule has 0 bridgehead atoms. The first-order valence-corrected chi connectivity index (χ1v) is 12.7. The second-order valence-electron chi connectivity index (χ2n) is 8.92. The second-order valence-corrected chi connectivity index (χ2v) is 10.8. The third-order valence-electron chi connectivity index (χ3n) is 6.39. The first-order valence-electron chi connectivity index (χ1n) is 11.0. The van der Waals surface area contributed by atoms with Crippen LogP contribution in [0.25, 0.3) is 11.0 Å². The highest BCUT2D eigenvalue weighted by Gasteiger charge is 2.56. The van der Waals surface area contributed by atoms with Crippen molar-refractivity contribution in [1.29, 1.82) is 0 Å². The highest BCUT2D eigenvalue weighted by molar-refractivity contribution is 7.89. The van der Waals surface area contributed by atoms with Gasteiger partial charge in [-0.25, -0.2) is 18.1 Å². The summed E-state index contributed by atoms with van der Waals surface area (Å²) in [5.74, 6) is 1.36. The first kappa shape index (κ1) is 23.7. The molecule has 0 radical (unpaired) electrons. The van der Waals surface area contributed by atoms with Crippen molar-refractivity contribution >= 4 is 27.5 Å². The van der Waals surface area contributed by atoms with Gasteiger partial charge in [0.15, 0.2) is 0 Å². The van der Waals surface area contributed by atoms with Gasteiger partial charge in [0.25, 0.3) is 6.47 Å². The average Bonchev–Trinajstić information content (AvgIpc) is 3.19. The lowest BCUT2D eigenvalue weighted by molar-refractivity contribution is -0.122. The maximum absolute atomic E-state index is 12.1. The van der Waals surface area contributed by atoms with E-state index in [1.807, 2.05) is 13.0 Å². The van der Waals surface area contributed by atoms with Gasteiger partial charge in [0.05, 0.1) is 23.3 Å².